The smallest absolute Gasteiger partial charge is 0.0623 e. The molecule has 6 aromatic rings. The Bertz CT molecular complexity index is 1660. The molecule has 7 rings (SSSR count). The quantitative estimate of drug-likeness (QED) is 0.236. The van der Waals surface area contributed by atoms with Crippen LogP contribution in [0.15, 0.2) is 127 Å². The molecule has 0 unspecified atom stereocenters. The van der Waals surface area contributed by atoms with Gasteiger partial charge >= 0.3 is 0 Å². The zero-order valence-corrected chi connectivity index (χ0v) is 20.1. The summed E-state index contributed by atoms with van der Waals surface area (Å²) in [6, 6.07) is 47.9. The second-order valence-electron chi connectivity index (χ2n) is 9.42. The lowest BCUT2D eigenvalue weighted by Gasteiger charge is -2.31. The van der Waals surface area contributed by atoms with E-state index in [4.69, 9.17) is 0 Å². The van der Waals surface area contributed by atoms with E-state index in [1.54, 1.807) is 0 Å². The summed E-state index contributed by atoms with van der Waals surface area (Å²) in [5.74, 6) is 0. The van der Waals surface area contributed by atoms with Gasteiger partial charge in [0.05, 0.1) is 0 Å². The summed E-state index contributed by atoms with van der Waals surface area (Å²) in [7, 11) is -2.42. The molecule has 1 heteroatoms. The summed E-state index contributed by atoms with van der Waals surface area (Å²) >= 11 is 0. The van der Waals surface area contributed by atoms with Crippen molar-refractivity contribution in [3.8, 4) is 11.1 Å². The molecule has 34 heavy (non-hydrogen) atoms. The van der Waals surface area contributed by atoms with Crippen molar-refractivity contribution in [2.24, 2.45) is 0 Å². The maximum Gasteiger partial charge on any atom is 0.180 e. The van der Waals surface area contributed by atoms with Crippen molar-refractivity contribution in [1.82, 2.24) is 0 Å². The lowest BCUT2D eigenvalue weighted by atomic mass is 9.97. The van der Waals surface area contributed by atoms with E-state index in [0.29, 0.717) is 0 Å². The fraction of sp³-hybridized carbons (Fsp3) is 0.0303. The van der Waals surface area contributed by atoms with Crippen LogP contribution in [0.25, 0.3) is 32.7 Å². The first kappa shape index (κ1) is 19.5. The first-order chi connectivity index (χ1) is 16.8. The fourth-order valence-electron chi connectivity index (χ4n) is 6.12. The highest BCUT2D eigenvalue weighted by Crippen LogP contribution is 2.33. The van der Waals surface area contributed by atoms with Gasteiger partial charge in [-0.15, -0.1) is 0 Å². The van der Waals surface area contributed by atoms with Crippen LogP contribution >= 0.6 is 0 Å². The highest BCUT2D eigenvalue weighted by Gasteiger charge is 2.48. The van der Waals surface area contributed by atoms with Crippen LogP contribution in [0.5, 0.6) is 0 Å². The predicted octanol–water partition coefficient (Wildman–Crippen LogP) is 5.66. The van der Waals surface area contributed by atoms with E-state index in [1.165, 1.54) is 59.0 Å². The van der Waals surface area contributed by atoms with Crippen LogP contribution in [-0.4, -0.2) is 8.07 Å². The van der Waals surface area contributed by atoms with Crippen LogP contribution in [-0.2, 0) is 0 Å². The Morgan fingerprint density at radius 3 is 1.82 bits per heavy atom. The first-order valence-corrected chi connectivity index (χ1v) is 14.0. The van der Waals surface area contributed by atoms with Crippen molar-refractivity contribution < 1.29 is 0 Å². The van der Waals surface area contributed by atoms with Gasteiger partial charge < -0.3 is 0 Å². The second-order valence-corrected chi connectivity index (χ2v) is 13.2. The van der Waals surface area contributed by atoms with Crippen molar-refractivity contribution in [3.63, 3.8) is 0 Å². The summed E-state index contributed by atoms with van der Waals surface area (Å²) in [5.41, 5.74) is 4.12. The summed E-state index contributed by atoms with van der Waals surface area (Å²) in [6.07, 6.45) is 0. The third kappa shape index (κ3) is 2.59. The third-order valence-corrected chi connectivity index (χ3v) is 12.5. The number of hydrogen-bond donors (Lipinski definition) is 0. The maximum absolute atomic E-state index is 2.52. The van der Waals surface area contributed by atoms with Crippen LogP contribution in [0.2, 0.25) is 0 Å². The lowest BCUT2D eigenvalue weighted by Crippen LogP contribution is -2.72. The monoisotopic (exact) mass is 448 g/mol. The van der Waals surface area contributed by atoms with Gasteiger partial charge in [0.25, 0.3) is 0 Å². The number of hydrogen-bond acceptors (Lipinski definition) is 0. The molecule has 0 nitrogen and oxygen atoms in total. The standard InChI is InChI=1S/C33H24Si/c1-23-11-10-12-24-19-25-21-31-29-17-8-9-18-32(29)34(27-13-4-2-5-14-27,28-15-6-3-7-16-28)33(31)22-26(25)20-30(23)24/h2-22H,1H3. The fourth-order valence-corrected chi connectivity index (χ4v) is 11.3. The van der Waals surface area contributed by atoms with Crippen LogP contribution < -0.4 is 20.7 Å². The molecule has 0 amide bonds. The van der Waals surface area contributed by atoms with Gasteiger partial charge in [-0.3, -0.25) is 0 Å². The van der Waals surface area contributed by atoms with Crippen LogP contribution in [0.3, 0.4) is 0 Å². The zero-order chi connectivity index (χ0) is 22.7. The van der Waals surface area contributed by atoms with Crippen molar-refractivity contribution in [3.05, 3.63) is 133 Å². The second kappa shape index (κ2) is 7.28. The lowest BCUT2D eigenvalue weighted by molar-refractivity contribution is 1.54. The summed E-state index contributed by atoms with van der Waals surface area (Å²) in [4.78, 5) is 0. The molecule has 0 N–H and O–H groups in total. The first-order valence-electron chi connectivity index (χ1n) is 12.0. The normalized spacial score (nSPS) is 13.7. The molecule has 0 saturated heterocycles. The van der Waals surface area contributed by atoms with E-state index in [0.717, 1.165) is 0 Å². The summed E-state index contributed by atoms with van der Waals surface area (Å²) in [6.45, 7) is 2.21. The Morgan fingerprint density at radius 2 is 1.09 bits per heavy atom. The molecule has 0 radical (unpaired) electrons. The minimum atomic E-state index is -2.42. The number of aryl methyl sites for hydroxylation is 1. The molecule has 0 saturated carbocycles. The molecular formula is C33H24Si. The minimum Gasteiger partial charge on any atom is -0.0623 e. The average molecular weight is 449 g/mol. The summed E-state index contributed by atoms with van der Waals surface area (Å²) < 4.78 is 0. The third-order valence-electron chi connectivity index (χ3n) is 7.63. The molecule has 6 aromatic carbocycles. The molecule has 0 atom stereocenters. The van der Waals surface area contributed by atoms with Crippen LogP contribution in [0.4, 0.5) is 0 Å². The number of benzene rings is 6. The molecule has 0 aliphatic carbocycles. The average Bonchev–Trinajstić information content (AvgIpc) is 3.18. The van der Waals surface area contributed by atoms with Gasteiger partial charge in [0.15, 0.2) is 8.07 Å². The molecular weight excluding hydrogens is 424 g/mol. The van der Waals surface area contributed by atoms with Crippen molar-refractivity contribution >= 4 is 50.4 Å². The van der Waals surface area contributed by atoms with Gasteiger partial charge in [0.1, 0.15) is 0 Å². The molecule has 0 spiro atoms. The van der Waals surface area contributed by atoms with Crippen LogP contribution in [0.1, 0.15) is 5.56 Å². The van der Waals surface area contributed by atoms with E-state index in [2.05, 4.69) is 134 Å². The highest BCUT2D eigenvalue weighted by molar-refractivity contribution is 7.22. The molecule has 1 aliphatic rings. The zero-order valence-electron chi connectivity index (χ0n) is 19.1. The maximum atomic E-state index is 2.52. The largest absolute Gasteiger partial charge is 0.180 e. The van der Waals surface area contributed by atoms with E-state index >= 15 is 0 Å². The molecule has 1 heterocycles. The highest BCUT2D eigenvalue weighted by atomic mass is 28.3. The van der Waals surface area contributed by atoms with Crippen molar-refractivity contribution in [2.45, 2.75) is 6.92 Å². The number of rotatable bonds is 2. The Kier molecular flexibility index (Phi) is 4.18. The van der Waals surface area contributed by atoms with E-state index in [9.17, 15) is 0 Å². The van der Waals surface area contributed by atoms with Crippen LogP contribution in [0, 0.1) is 6.92 Å². The minimum absolute atomic E-state index is 1.31. The van der Waals surface area contributed by atoms with E-state index < -0.39 is 8.07 Å². The van der Waals surface area contributed by atoms with Crippen molar-refractivity contribution in [2.75, 3.05) is 0 Å². The van der Waals surface area contributed by atoms with E-state index in [1.807, 2.05) is 0 Å². The van der Waals surface area contributed by atoms with E-state index in [-0.39, 0.29) is 0 Å². The van der Waals surface area contributed by atoms with Gasteiger partial charge in [0, 0.05) is 0 Å². The molecule has 0 fully saturated rings. The molecule has 0 bridgehead atoms. The summed E-state index contributed by atoms with van der Waals surface area (Å²) in [5, 5.41) is 11.2. The Balaban J connectivity index is 1.66. The van der Waals surface area contributed by atoms with Gasteiger partial charge in [-0.05, 0) is 84.1 Å². The molecule has 0 aromatic heterocycles. The van der Waals surface area contributed by atoms with Gasteiger partial charge in [0.2, 0.25) is 0 Å². The van der Waals surface area contributed by atoms with Gasteiger partial charge in [-0.1, -0.05) is 109 Å². The predicted molar refractivity (Wildman–Crippen MR) is 149 cm³/mol. The van der Waals surface area contributed by atoms with Gasteiger partial charge in [-0.2, -0.15) is 0 Å². The number of fused-ring (bicyclic) bond motifs is 5. The molecule has 160 valence electrons. The topological polar surface area (TPSA) is 0 Å². The SMILES string of the molecule is Cc1cccc2cc3cc4c(cc3cc12)[Si](c1ccccc1)(c1ccccc1)c1ccccc1-4. The Labute approximate surface area is 201 Å². The van der Waals surface area contributed by atoms with Crippen molar-refractivity contribution in [1.29, 1.82) is 0 Å². The van der Waals surface area contributed by atoms with Gasteiger partial charge in [-0.25, -0.2) is 0 Å². The Morgan fingerprint density at radius 1 is 0.441 bits per heavy atom. The Hall–Kier alpha value is -3.94. The molecule has 1 aliphatic heterocycles.